The van der Waals surface area contributed by atoms with Crippen LogP contribution in [0.2, 0.25) is 0 Å². The first kappa shape index (κ1) is 13.2. The molecule has 0 aliphatic rings. The Bertz CT molecular complexity index is 557. The third-order valence-electron chi connectivity index (χ3n) is 2.86. The maximum Gasteiger partial charge on any atom is 0.272 e. The monoisotopic (exact) mass is 258 g/mol. The molecular formula is C15H15FN2O. The Labute approximate surface area is 111 Å². The van der Waals surface area contributed by atoms with Crippen LogP contribution in [0.3, 0.4) is 0 Å². The van der Waals surface area contributed by atoms with Crippen molar-refractivity contribution in [1.82, 2.24) is 9.88 Å². The lowest BCUT2D eigenvalue weighted by atomic mass is 10.1. The van der Waals surface area contributed by atoms with Gasteiger partial charge < -0.3 is 4.90 Å². The maximum absolute atomic E-state index is 13.0. The summed E-state index contributed by atoms with van der Waals surface area (Å²) in [5.41, 5.74) is 1.30. The Morgan fingerprint density at radius 3 is 2.58 bits per heavy atom. The van der Waals surface area contributed by atoms with E-state index in [-0.39, 0.29) is 11.6 Å². The topological polar surface area (TPSA) is 33.2 Å². The van der Waals surface area contributed by atoms with Crippen LogP contribution in [-0.4, -0.2) is 29.4 Å². The van der Waals surface area contributed by atoms with E-state index in [0.29, 0.717) is 6.54 Å². The molecule has 0 N–H and O–H groups in total. The number of nitrogens with zero attached hydrogens (tertiary/aromatic N) is 2. The molecule has 1 aromatic heterocycles. The molecule has 0 saturated heterocycles. The van der Waals surface area contributed by atoms with E-state index in [1.165, 1.54) is 18.2 Å². The minimum atomic E-state index is -0.637. The van der Waals surface area contributed by atoms with Crippen LogP contribution in [0.25, 0.3) is 0 Å². The minimum Gasteiger partial charge on any atom is -0.340 e. The molecule has 0 aliphatic heterocycles. The summed E-state index contributed by atoms with van der Waals surface area (Å²) < 4.78 is 13.0. The fourth-order valence-corrected chi connectivity index (χ4v) is 1.77. The van der Waals surface area contributed by atoms with Gasteiger partial charge in [-0.05, 0) is 24.1 Å². The molecule has 0 unspecified atom stereocenters. The van der Waals surface area contributed by atoms with Gasteiger partial charge in [0, 0.05) is 13.6 Å². The average molecular weight is 258 g/mol. The fourth-order valence-electron chi connectivity index (χ4n) is 1.77. The highest BCUT2D eigenvalue weighted by atomic mass is 19.1. The molecule has 2 rings (SSSR count). The molecule has 0 fully saturated rings. The van der Waals surface area contributed by atoms with E-state index in [9.17, 15) is 9.18 Å². The van der Waals surface area contributed by atoms with Gasteiger partial charge in [0.1, 0.15) is 5.69 Å². The predicted octanol–water partition coefficient (Wildman–Crippen LogP) is 2.54. The highest BCUT2D eigenvalue weighted by Gasteiger charge is 2.13. The molecule has 1 aromatic carbocycles. The standard InChI is InChI=1S/C15H15FN2O/c1-18(11-10-12-6-3-2-4-7-12)15(19)13-8-5-9-14(16)17-13/h2-9H,10-11H2,1H3. The van der Waals surface area contributed by atoms with Crippen molar-refractivity contribution in [1.29, 1.82) is 0 Å². The molecule has 0 bridgehead atoms. The van der Waals surface area contributed by atoms with E-state index >= 15 is 0 Å². The van der Waals surface area contributed by atoms with Crippen LogP contribution >= 0.6 is 0 Å². The van der Waals surface area contributed by atoms with Crippen LogP contribution < -0.4 is 0 Å². The van der Waals surface area contributed by atoms with Gasteiger partial charge in [-0.25, -0.2) is 4.98 Å². The van der Waals surface area contributed by atoms with E-state index < -0.39 is 5.95 Å². The Kier molecular flexibility index (Phi) is 4.23. The molecule has 0 radical (unpaired) electrons. The number of aromatic nitrogens is 1. The molecule has 2 aromatic rings. The number of halogens is 1. The average Bonchev–Trinajstić information content (AvgIpc) is 2.45. The zero-order valence-electron chi connectivity index (χ0n) is 10.7. The predicted molar refractivity (Wildman–Crippen MR) is 71.3 cm³/mol. The molecule has 0 saturated carbocycles. The molecule has 19 heavy (non-hydrogen) atoms. The molecule has 0 aliphatic carbocycles. The number of pyridine rings is 1. The third-order valence-corrected chi connectivity index (χ3v) is 2.86. The van der Waals surface area contributed by atoms with Crippen LogP contribution in [0.1, 0.15) is 16.1 Å². The van der Waals surface area contributed by atoms with Crippen LogP contribution in [-0.2, 0) is 6.42 Å². The molecule has 1 heterocycles. The second-order valence-electron chi connectivity index (χ2n) is 4.31. The summed E-state index contributed by atoms with van der Waals surface area (Å²) in [5.74, 6) is -0.905. The second-order valence-corrected chi connectivity index (χ2v) is 4.31. The summed E-state index contributed by atoms with van der Waals surface area (Å²) in [4.78, 5) is 17.2. The quantitative estimate of drug-likeness (QED) is 0.790. The summed E-state index contributed by atoms with van der Waals surface area (Å²) >= 11 is 0. The fraction of sp³-hybridized carbons (Fsp3) is 0.200. The molecule has 3 nitrogen and oxygen atoms in total. The third kappa shape index (κ3) is 3.61. The Hall–Kier alpha value is -2.23. The molecular weight excluding hydrogens is 243 g/mol. The van der Waals surface area contributed by atoms with Gasteiger partial charge in [-0.1, -0.05) is 36.4 Å². The van der Waals surface area contributed by atoms with Gasteiger partial charge in [0.05, 0.1) is 0 Å². The molecule has 4 heteroatoms. The number of amides is 1. The van der Waals surface area contributed by atoms with Gasteiger partial charge in [-0.3, -0.25) is 4.79 Å². The summed E-state index contributed by atoms with van der Waals surface area (Å²) in [7, 11) is 1.69. The van der Waals surface area contributed by atoms with Crippen LogP contribution in [0.4, 0.5) is 4.39 Å². The van der Waals surface area contributed by atoms with Crippen molar-refractivity contribution < 1.29 is 9.18 Å². The zero-order chi connectivity index (χ0) is 13.7. The Morgan fingerprint density at radius 2 is 1.89 bits per heavy atom. The van der Waals surface area contributed by atoms with Gasteiger partial charge in [-0.15, -0.1) is 0 Å². The van der Waals surface area contributed by atoms with Crippen molar-refractivity contribution >= 4 is 5.91 Å². The van der Waals surface area contributed by atoms with Gasteiger partial charge in [0.25, 0.3) is 5.91 Å². The van der Waals surface area contributed by atoms with Crippen LogP contribution in [0.15, 0.2) is 48.5 Å². The Morgan fingerprint density at radius 1 is 1.16 bits per heavy atom. The van der Waals surface area contributed by atoms with E-state index in [1.807, 2.05) is 30.3 Å². The van der Waals surface area contributed by atoms with Gasteiger partial charge in [-0.2, -0.15) is 4.39 Å². The summed E-state index contributed by atoms with van der Waals surface area (Å²) in [6, 6.07) is 14.1. The van der Waals surface area contributed by atoms with Crippen molar-refractivity contribution in [2.45, 2.75) is 6.42 Å². The van der Waals surface area contributed by atoms with E-state index in [4.69, 9.17) is 0 Å². The number of hydrogen-bond donors (Lipinski definition) is 0. The highest BCUT2D eigenvalue weighted by Crippen LogP contribution is 2.05. The van der Waals surface area contributed by atoms with Gasteiger partial charge in [0.15, 0.2) is 0 Å². The van der Waals surface area contributed by atoms with Gasteiger partial charge >= 0.3 is 0 Å². The maximum atomic E-state index is 13.0. The molecule has 0 spiro atoms. The van der Waals surface area contributed by atoms with E-state index in [1.54, 1.807) is 11.9 Å². The largest absolute Gasteiger partial charge is 0.340 e. The number of benzene rings is 1. The first-order chi connectivity index (χ1) is 9.16. The lowest BCUT2D eigenvalue weighted by Crippen LogP contribution is -2.29. The molecule has 1 amide bonds. The number of rotatable bonds is 4. The molecule has 98 valence electrons. The number of likely N-dealkylation sites (N-methyl/N-ethyl adjacent to an activating group) is 1. The lowest BCUT2D eigenvalue weighted by Gasteiger charge is -2.16. The van der Waals surface area contributed by atoms with Crippen LogP contribution in [0.5, 0.6) is 0 Å². The number of carbonyl (C=O) groups excluding carboxylic acids is 1. The van der Waals surface area contributed by atoms with Crippen LogP contribution in [0, 0.1) is 5.95 Å². The summed E-state index contributed by atoms with van der Waals surface area (Å²) in [5, 5.41) is 0. The van der Waals surface area contributed by atoms with Crippen molar-refractivity contribution in [2.75, 3.05) is 13.6 Å². The van der Waals surface area contributed by atoms with E-state index in [2.05, 4.69) is 4.98 Å². The summed E-state index contributed by atoms with van der Waals surface area (Å²) in [6.45, 7) is 0.570. The van der Waals surface area contributed by atoms with Crippen molar-refractivity contribution in [3.05, 3.63) is 65.7 Å². The first-order valence-electron chi connectivity index (χ1n) is 6.09. The summed E-state index contributed by atoms with van der Waals surface area (Å²) in [6.07, 6.45) is 0.762. The van der Waals surface area contributed by atoms with Gasteiger partial charge in [0.2, 0.25) is 5.95 Å². The first-order valence-corrected chi connectivity index (χ1v) is 6.09. The van der Waals surface area contributed by atoms with Crippen molar-refractivity contribution in [3.8, 4) is 0 Å². The SMILES string of the molecule is CN(CCc1ccccc1)C(=O)c1cccc(F)n1. The van der Waals surface area contributed by atoms with Crippen molar-refractivity contribution in [3.63, 3.8) is 0 Å². The van der Waals surface area contributed by atoms with Crippen molar-refractivity contribution in [2.24, 2.45) is 0 Å². The highest BCUT2D eigenvalue weighted by molar-refractivity contribution is 5.92. The normalized spacial score (nSPS) is 10.2. The van der Waals surface area contributed by atoms with E-state index in [0.717, 1.165) is 12.0 Å². The molecule has 0 atom stereocenters. The minimum absolute atomic E-state index is 0.135. The number of hydrogen-bond acceptors (Lipinski definition) is 2. The smallest absolute Gasteiger partial charge is 0.272 e. The Balaban J connectivity index is 1.96. The number of carbonyl (C=O) groups is 1. The second kappa shape index (κ2) is 6.09. The lowest BCUT2D eigenvalue weighted by molar-refractivity contribution is 0.0789. The zero-order valence-corrected chi connectivity index (χ0v) is 10.7.